The summed E-state index contributed by atoms with van der Waals surface area (Å²) in [5.74, 6) is -2.54. The molecule has 1 aromatic rings. The van der Waals surface area contributed by atoms with E-state index in [2.05, 4.69) is 8.37 Å². The minimum atomic E-state index is -4.28. The quantitative estimate of drug-likeness (QED) is 0.799. The molecule has 1 rings (SSSR count). The Balaban J connectivity index is 2.90. The van der Waals surface area contributed by atoms with E-state index in [1.54, 1.807) is 0 Å². The van der Waals surface area contributed by atoms with E-state index in [-0.39, 0.29) is 6.61 Å². The zero-order valence-corrected chi connectivity index (χ0v) is 8.55. The fourth-order valence-corrected chi connectivity index (χ4v) is 1.51. The molecule has 0 heterocycles. The van der Waals surface area contributed by atoms with Crippen molar-refractivity contribution >= 4 is 10.4 Å². The van der Waals surface area contributed by atoms with Gasteiger partial charge in [-0.05, 0) is 19.1 Å². The number of hydrogen-bond donors (Lipinski definition) is 0. The van der Waals surface area contributed by atoms with Crippen LogP contribution in [0.1, 0.15) is 6.92 Å². The molecule has 0 aromatic heterocycles. The van der Waals surface area contributed by atoms with Crippen LogP contribution in [0.2, 0.25) is 0 Å². The average molecular weight is 238 g/mol. The van der Waals surface area contributed by atoms with Crippen molar-refractivity contribution < 1.29 is 25.6 Å². The normalized spacial score (nSPS) is 11.4. The Morgan fingerprint density at radius 2 is 2.00 bits per heavy atom. The third-order valence-corrected chi connectivity index (χ3v) is 2.26. The lowest BCUT2D eigenvalue weighted by atomic mass is 10.3. The second-order valence-corrected chi connectivity index (χ2v) is 3.69. The first kappa shape index (κ1) is 11.9. The van der Waals surface area contributed by atoms with E-state index in [1.165, 1.54) is 6.92 Å². The van der Waals surface area contributed by atoms with E-state index >= 15 is 0 Å². The molecule has 0 N–H and O–H groups in total. The van der Waals surface area contributed by atoms with E-state index < -0.39 is 27.8 Å². The molecular weight excluding hydrogens is 230 g/mol. The van der Waals surface area contributed by atoms with Gasteiger partial charge >= 0.3 is 10.4 Å². The third-order valence-electron chi connectivity index (χ3n) is 1.35. The molecule has 4 nitrogen and oxygen atoms in total. The Kier molecular flexibility index (Phi) is 3.59. The van der Waals surface area contributed by atoms with E-state index in [0.29, 0.717) is 6.07 Å². The SMILES string of the molecule is CCOS(=O)(=O)Oc1ccc(F)cc1F. The Morgan fingerprint density at radius 3 is 2.53 bits per heavy atom. The summed E-state index contributed by atoms with van der Waals surface area (Å²) in [5.41, 5.74) is 0. The highest BCUT2D eigenvalue weighted by atomic mass is 32.3. The predicted molar refractivity (Wildman–Crippen MR) is 47.5 cm³/mol. The van der Waals surface area contributed by atoms with Gasteiger partial charge in [0.2, 0.25) is 0 Å². The molecule has 0 saturated carbocycles. The van der Waals surface area contributed by atoms with Crippen LogP contribution >= 0.6 is 0 Å². The van der Waals surface area contributed by atoms with Gasteiger partial charge in [-0.2, -0.15) is 8.42 Å². The van der Waals surface area contributed by atoms with E-state index in [9.17, 15) is 17.2 Å². The molecule has 7 heteroatoms. The number of rotatable bonds is 4. The molecular formula is C8H8F2O4S. The zero-order valence-electron chi connectivity index (χ0n) is 7.74. The molecule has 0 radical (unpaired) electrons. The van der Waals surface area contributed by atoms with Gasteiger partial charge in [0.15, 0.2) is 11.6 Å². The Hall–Kier alpha value is -1.21. The van der Waals surface area contributed by atoms with Crippen molar-refractivity contribution in [3.8, 4) is 5.75 Å². The molecule has 0 aliphatic heterocycles. The standard InChI is InChI=1S/C8H8F2O4S/c1-2-13-15(11,12)14-8-4-3-6(9)5-7(8)10/h3-5H,2H2,1H3. The van der Waals surface area contributed by atoms with E-state index in [0.717, 1.165) is 12.1 Å². The van der Waals surface area contributed by atoms with Crippen molar-refractivity contribution in [2.45, 2.75) is 6.92 Å². The number of benzene rings is 1. The second-order valence-electron chi connectivity index (χ2n) is 2.47. The van der Waals surface area contributed by atoms with Crippen LogP contribution in [-0.4, -0.2) is 15.0 Å². The molecule has 0 fully saturated rings. The van der Waals surface area contributed by atoms with E-state index in [1.807, 2.05) is 0 Å². The fourth-order valence-electron chi connectivity index (χ4n) is 0.821. The van der Waals surface area contributed by atoms with Crippen LogP contribution in [0.3, 0.4) is 0 Å². The Labute approximate surface area is 85.8 Å². The van der Waals surface area contributed by atoms with Gasteiger partial charge in [-0.3, -0.25) is 0 Å². The summed E-state index contributed by atoms with van der Waals surface area (Å²) >= 11 is 0. The maximum atomic E-state index is 12.9. The maximum Gasteiger partial charge on any atom is 0.449 e. The van der Waals surface area contributed by atoms with Gasteiger partial charge in [0, 0.05) is 6.07 Å². The van der Waals surface area contributed by atoms with Crippen molar-refractivity contribution in [3.05, 3.63) is 29.8 Å². The molecule has 0 saturated heterocycles. The topological polar surface area (TPSA) is 52.6 Å². The first-order chi connectivity index (χ1) is 6.94. The summed E-state index contributed by atoms with van der Waals surface area (Å²) in [7, 11) is -4.28. The fraction of sp³-hybridized carbons (Fsp3) is 0.250. The molecule has 0 unspecified atom stereocenters. The van der Waals surface area contributed by atoms with Crippen LogP contribution in [0.15, 0.2) is 18.2 Å². The highest BCUT2D eigenvalue weighted by molar-refractivity contribution is 7.82. The number of hydrogen-bond acceptors (Lipinski definition) is 4. The summed E-state index contributed by atoms with van der Waals surface area (Å²) in [6, 6.07) is 2.25. The minimum Gasteiger partial charge on any atom is -0.359 e. The van der Waals surface area contributed by atoms with Crippen LogP contribution in [0.5, 0.6) is 5.75 Å². The molecule has 0 amide bonds. The van der Waals surface area contributed by atoms with Gasteiger partial charge < -0.3 is 4.18 Å². The maximum absolute atomic E-state index is 12.9. The van der Waals surface area contributed by atoms with Crippen LogP contribution in [0.4, 0.5) is 8.78 Å². The van der Waals surface area contributed by atoms with Gasteiger partial charge in [-0.1, -0.05) is 0 Å². The minimum absolute atomic E-state index is 0.134. The third kappa shape index (κ3) is 3.45. The van der Waals surface area contributed by atoms with Crippen LogP contribution in [-0.2, 0) is 14.6 Å². The van der Waals surface area contributed by atoms with Crippen molar-refractivity contribution in [1.29, 1.82) is 0 Å². The van der Waals surface area contributed by atoms with Crippen molar-refractivity contribution in [1.82, 2.24) is 0 Å². The summed E-state index contributed by atoms with van der Waals surface area (Å²) in [6.45, 7) is 1.30. The van der Waals surface area contributed by atoms with Crippen LogP contribution in [0, 0.1) is 11.6 Å². The first-order valence-corrected chi connectivity index (χ1v) is 5.32. The number of halogens is 2. The van der Waals surface area contributed by atoms with Crippen LogP contribution in [0.25, 0.3) is 0 Å². The zero-order chi connectivity index (χ0) is 11.5. The monoisotopic (exact) mass is 238 g/mol. The summed E-state index contributed by atoms with van der Waals surface area (Å²) in [5, 5.41) is 0. The van der Waals surface area contributed by atoms with Gasteiger partial charge in [-0.25, -0.2) is 13.0 Å². The lowest BCUT2D eigenvalue weighted by Crippen LogP contribution is -2.13. The molecule has 0 aliphatic carbocycles. The van der Waals surface area contributed by atoms with Crippen LogP contribution < -0.4 is 4.18 Å². The largest absolute Gasteiger partial charge is 0.449 e. The molecule has 0 spiro atoms. The van der Waals surface area contributed by atoms with Gasteiger partial charge in [0.05, 0.1) is 6.61 Å². The lowest BCUT2D eigenvalue weighted by molar-refractivity contribution is 0.284. The smallest absolute Gasteiger partial charge is 0.359 e. The second kappa shape index (κ2) is 4.54. The lowest BCUT2D eigenvalue weighted by Gasteiger charge is -2.05. The van der Waals surface area contributed by atoms with Gasteiger partial charge in [0.1, 0.15) is 5.82 Å². The Morgan fingerprint density at radius 1 is 1.33 bits per heavy atom. The summed E-state index contributed by atoms with van der Waals surface area (Å²) in [6.07, 6.45) is 0. The summed E-state index contributed by atoms with van der Waals surface area (Å²) in [4.78, 5) is 0. The summed E-state index contributed by atoms with van der Waals surface area (Å²) < 4.78 is 55.7. The highest BCUT2D eigenvalue weighted by Crippen LogP contribution is 2.19. The van der Waals surface area contributed by atoms with Crippen molar-refractivity contribution in [2.24, 2.45) is 0 Å². The molecule has 1 aromatic carbocycles. The van der Waals surface area contributed by atoms with E-state index in [4.69, 9.17) is 0 Å². The first-order valence-electron chi connectivity index (χ1n) is 3.98. The molecule has 0 aliphatic rings. The predicted octanol–water partition coefficient (Wildman–Crippen LogP) is 1.62. The molecule has 0 atom stereocenters. The van der Waals surface area contributed by atoms with Gasteiger partial charge in [-0.15, -0.1) is 0 Å². The average Bonchev–Trinajstić information content (AvgIpc) is 2.09. The van der Waals surface area contributed by atoms with Crippen molar-refractivity contribution in [3.63, 3.8) is 0 Å². The molecule has 15 heavy (non-hydrogen) atoms. The van der Waals surface area contributed by atoms with Crippen molar-refractivity contribution in [2.75, 3.05) is 6.61 Å². The highest BCUT2D eigenvalue weighted by Gasteiger charge is 2.15. The molecule has 84 valence electrons. The Bertz CT molecular complexity index is 444. The molecule has 0 bridgehead atoms. The van der Waals surface area contributed by atoms with Gasteiger partial charge in [0.25, 0.3) is 0 Å².